The molecule has 2 N–H and O–H groups in total. The van der Waals surface area contributed by atoms with Gasteiger partial charge >= 0.3 is 0 Å². The van der Waals surface area contributed by atoms with Crippen LogP contribution in [0.15, 0.2) is 0 Å². The van der Waals surface area contributed by atoms with E-state index in [0.717, 1.165) is 0 Å². The fraction of sp³-hybridized carbons (Fsp3) is 0. The van der Waals surface area contributed by atoms with Crippen LogP contribution in [0.3, 0.4) is 0 Å². The average Bonchev–Trinajstić information content (AvgIpc) is 1.25. The zero-order chi connectivity index (χ0) is 7.15. The van der Waals surface area contributed by atoms with Gasteiger partial charge in [0.05, 0.1) is 10.2 Å². The van der Waals surface area contributed by atoms with Gasteiger partial charge in [0, 0.05) is 0 Å². The Morgan fingerprint density at radius 3 is 0.800 bits per heavy atom. The van der Waals surface area contributed by atoms with E-state index in [0.29, 0.717) is 0 Å². The fourth-order valence-corrected chi connectivity index (χ4v) is 0. The van der Waals surface area contributed by atoms with Crippen LogP contribution in [-0.2, 0) is 0 Å². The highest BCUT2D eigenvalue weighted by atomic mass is 19.0. The van der Waals surface area contributed by atoms with Crippen molar-refractivity contribution in [3.05, 3.63) is 30.6 Å². The van der Waals surface area contributed by atoms with Crippen molar-refractivity contribution in [1.29, 1.82) is 0 Å². The van der Waals surface area contributed by atoms with Crippen molar-refractivity contribution in [3.8, 4) is 0 Å². The molecule has 0 aromatic rings. The highest BCUT2D eigenvalue weighted by molar-refractivity contribution is 4.04. The molecule has 0 unspecified atom stereocenters. The molecule has 0 heterocycles. The van der Waals surface area contributed by atoms with Gasteiger partial charge in [-0.15, -0.1) is 0 Å². The molecule has 0 bridgehead atoms. The van der Waals surface area contributed by atoms with Crippen LogP contribution >= 0.6 is 0 Å². The maximum absolute atomic E-state index is 8.25. The molecule has 0 aliphatic rings. The summed E-state index contributed by atoms with van der Waals surface area (Å²) in [5.41, 5.74) is 0. The predicted molar refractivity (Wildman–Crippen MR) is 26.8 cm³/mol. The SMILES string of the molecule is F.O.O=[N+]([O-])[O-].O=[N+]([O-])[O-]. The maximum Gasteiger partial charge on any atom is 0.0689 e. The zero-order valence-electron chi connectivity index (χ0n) is 4.25. The minimum atomic E-state index is -1.75. The zero-order valence-corrected chi connectivity index (χ0v) is 4.25. The first-order chi connectivity index (χ1) is 3.46. The first-order valence-electron chi connectivity index (χ1n) is 1.10. The summed E-state index contributed by atoms with van der Waals surface area (Å²) in [7, 11) is 0. The number of nitrogens with zero attached hydrogens (tertiary/aromatic N) is 2. The molecule has 0 aromatic carbocycles. The molecule has 0 aromatic heterocycles. The highest BCUT2D eigenvalue weighted by Gasteiger charge is 1.46. The smallest absolute Gasteiger partial charge is 0.0689 e. The topological polar surface area (TPSA) is 164 Å². The monoisotopic (exact) mass is 162 g/mol. The number of halogens is 1. The Hall–Kier alpha value is -1.71. The molecule has 0 radical (unpaired) electrons. The Morgan fingerprint density at radius 1 is 0.800 bits per heavy atom. The molecule has 0 aliphatic carbocycles. The van der Waals surface area contributed by atoms with Crippen LogP contribution in [0.2, 0.25) is 0 Å². The summed E-state index contributed by atoms with van der Waals surface area (Å²) < 4.78 is 0. The average molecular weight is 162 g/mol. The molecular weight excluding hydrogens is 159 g/mol. The van der Waals surface area contributed by atoms with E-state index in [1.807, 2.05) is 0 Å². The molecule has 0 saturated heterocycles. The summed E-state index contributed by atoms with van der Waals surface area (Å²) in [4.78, 5) is 16.5. The Balaban J connectivity index is -0.0000000300. The Morgan fingerprint density at radius 2 is 0.800 bits per heavy atom. The Bertz CT molecular complexity index is 69.6. The summed E-state index contributed by atoms with van der Waals surface area (Å²) in [5, 5.41) is 29.5. The van der Waals surface area contributed by atoms with Crippen LogP contribution in [0, 0.1) is 30.6 Å². The molecular formula is H3FN2O7-2. The number of hydrogen-bond acceptors (Lipinski definition) is 6. The molecule has 0 saturated carbocycles. The Labute approximate surface area is 52.4 Å². The molecule has 0 rings (SSSR count). The van der Waals surface area contributed by atoms with Crippen molar-refractivity contribution in [3.63, 3.8) is 0 Å². The third-order valence-corrected chi connectivity index (χ3v) is 0. The van der Waals surface area contributed by atoms with Gasteiger partial charge in [0.25, 0.3) is 0 Å². The highest BCUT2D eigenvalue weighted by Crippen LogP contribution is 1.44. The normalized spacial score (nSPS) is 4.80. The van der Waals surface area contributed by atoms with Gasteiger partial charge < -0.3 is 36.1 Å². The van der Waals surface area contributed by atoms with E-state index in [4.69, 9.17) is 30.6 Å². The van der Waals surface area contributed by atoms with Crippen LogP contribution in [0.25, 0.3) is 0 Å². The van der Waals surface area contributed by atoms with Crippen LogP contribution in [0.1, 0.15) is 0 Å². The fourth-order valence-electron chi connectivity index (χ4n) is 0. The second kappa shape index (κ2) is 15.7. The van der Waals surface area contributed by atoms with Crippen molar-refractivity contribution >= 4 is 0 Å². The first kappa shape index (κ1) is 23.9. The number of hydrogen-bond donors (Lipinski definition) is 0. The van der Waals surface area contributed by atoms with Crippen molar-refractivity contribution in [1.82, 2.24) is 0 Å². The van der Waals surface area contributed by atoms with Crippen LogP contribution < -0.4 is 0 Å². The molecule has 0 atom stereocenters. The lowest BCUT2D eigenvalue weighted by molar-refractivity contribution is -0.403. The summed E-state index contributed by atoms with van der Waals surface area (Å²) in [6, 6.07) is 0. The van der Waals surface area contributed by atoms with E-state index in [9.17, 15) is 0 Å². The van der Waals surface area contributed by atoms with Gasteiger partial charge in [-0.1, -0.05) is 0 Å². The van der Waals surface area contributed by atoms with E-state index in [-0.39, 0.29) is 10.2 Å². The molecule has 9 nitrogen and oxygen atoms in total. The third-order valence-electron chi connectivity index (χ3n) is 0. The van der Waals surface area contributed by atoms with Crippen LogP contribution in [-0.4, -0.2) is 15.6 Å². The van der Waals surface area contributed by atoms with Crippen molar-refractivity contribution in [2.24, 2.45) is 0 Å². The van der Waals surface area contributed by atoms with Gasteiger partial charge in [-0.2, -0.15) is 0 Å². The molecule has 64 valence electrons. The molecule has 0 spiro atoms. The van der Waals surface area contributed by atoms with E-state index < -0.39 is 10.2 Å². The van der Waals surface area contributed by atoms with E-state index in [2.05, 4.69) is 0 Å². The molecule has 0 fully saturated rings. The Kier molecular flexibility index (Phi) is 37.5. The van der Waals surface area contributed by atoms with Gasteiger partial charge in [-0.3, -0.25) is 4.70 Å². The summed E-state index contributed by atoms with van der Waals surface area (Å²) >= 11 is 0. The largest absolute Gasteiger partial charge is 0.412 e. The first-order valence-corrected chi connectivity index (χ1v) is 1.10. The van der Waals surface area contributed by atoms with E-state index in [1.165, 1.54) is 0 Å². The number of rotatable bonds is 0. The van der Waals surface area contributed by atoms with E-state index in [1.54, 1.807) is 0 Å². The molecule has 0 aliphatic heterocycles. The molecule has 0 amide bonds. The van der Waals surface area contributed by atoms with Crippen LogP contribution in [0.4, 0.5) is 4.70 Å². The third kappa shape index (κ3) is 60.2. The van der Waals surface area contributed by atoms with Gasteiger partial charge in [0.2, 0.25) is 0 Å². The van der Waals surface area contributed by atoms with Gasteiger partial charge in [0.15, 0.2) is 0 Å². The quantitative estimate of drug-likeness (QED) is 0.322. The van der Waals surface area contributed by atoms with E-state index >= 15 is 0 Å². The summed E-state index contributed by atoms with van der Waals surface area (Å²) in [6.07, 6.45) is 0. The predicted octanol–water partition coefficient (Wildman–Crippen LogP) is -1.15. The molecule has 10 heavy (non-hydrogen) atoms. The van der Waals surface area contributed by atoms with Crippen molar-refractivity contribution < 1.29 is 20.4 Å². The summed E-state index contributed by atoms with van der Waals surface area (Å²) in [5.74, 6) is 0. The lowest BCUT2D eigenvalue weighted by Gasteiger charge is -1.74. The lowest BCUT2D eigenvalue weighted by Crippen LogP contribution is -1.74. The van der Waals surface area contributed by atoms with Gasteiger partial charge in [0.1, 0.15) is 0 Å². The van der Waals surface area contributed by atoms with Crippen molar-refractivity contribution in [2.75, 3.05) is 0 Å². The maximum atomic E-state index is 8.25. The lowest BCUT2D eigenvalue weighted by atomic mass is 13.1. The van der Waals surface area contributed by atoms with Gasteiger partial charge in [-0.05, 0) is 0 Å². The van der Waals surface area contributed by atoms with Crippen molar-refractivity contribution in [2.45, 2.75) is 0 Å². The second-order valence-corrected chi connectivity index (χ2v) is 0.447. The molecule has 10 heteroatoms. The van der Waals surface area contributed by atoms with Gasteiger partial charge in [-0.25, -0.2) is 0 Å². The summed E-state index contributed by atoms with van der Waals surface area (Å²) in [6.45, 7) is 0. The second-order valence-electron chi connectivity index (χ2n) is 0.447. The standard InChI is InChI=1S/FH.2NO3.H2O/c;2*2-1(3)4;/h1H;;;1H2/q;2*-1;. The van der Waals surface area contributed by atoms with Crippen LogP contribution in [0.5, 0.6) is 0 Å². The minimum absolute atomic E-state index is 0. The minimum Gasteiger partial charge on any atom is -0.412 e.